The van der Waals surface area contributed by atoms with Gasteiger partial charge in [-0.05, 0) is 18.2 Å². The van der Waals surface area contributed by atoms with Gasteiger partial charge in [0.15, 0.2) is 0 Å². The predicted molar refractivity (Wildman–Crippen MR) is 48.3 cm³/mol. The Hall–Kier alpha value is -1.93. The number of carboxylic acids is 2. The Balaban J connectivity index is 3.52. The van der Waals surface area contributed by atoms with Crippen LogP contribution in [0.1, 0.15) is 20.7 Å². The number of hydrogen-bond acceptors (Lipinski definition) is 5. The molecule has 16 heavy (non-hydrogen) atoms. The topological polar surface area (TPSA) is 132 Å². The van der Waals surface area contributed by atoms with Crippen LogP contribution in [0.15, 0.2) is 23.1 Å². The Morgan fingerprint density at radius 3 is 1.94 bits per heavy atom. The van der Waals surface area contributed by atoms with Crippen LogP contribution < -0.4 is 0 Å². The Kier molecular flexibility index (Phi) is 2.97. The monoisotopic (exact) mass is 245 g/mol. The number of benzene rings is 1. The summed E-state index contributed by atoms with van der Waals surface area (Å²) in [6.07, 6.45) is 0. The minimum absolute atomic E-state index is 0.522. The molecular formula is C8H5O7S-. The summed E-state index contributed by atoms with van der Waals surface area (Å²) in [6.45, 7) is 0. The van der Waals surface area contributed by atoms with Gasteiger partial charge in [0.1, 0.15) is 10.1 Å². The number of carbonyl (C=O) groups is 2. The van der Waals surface area contributed by atoms with Crippen molar-refractivity contribution in [1.29, 1.82) is 0 Å². The SMILES string of the molecule is O=C(O)c1ccc(S(=O)(=O)[O-])cc1C(=O)O. The van der Waals surface area contributed by atoms with Crippen molar-refractivity contribution in [3.63, 3.8) is 0 Å². The molecule has 0 aliphatic heterocycles. The van der Waals surface area contributed by atoms with Crippen molar-refractivity contribution in [3.8, 4) is 0 Å². The van der Waals surface area contributed by atoms with Gasteiger partial charge in [-0.25, -0.2) is 18.0 Å². The lowest BCUT2D eigenvalue weighted by Gasteiger charge is -2.09. The molecule has 1 aromatic rings. The van der Waals surface area contributed by atoms with Crippen LogP contribution in [0.2, 0.25) is 0 Å². The van der Waals surface area contributed by atoms with E-state index in [1.807, 2.05) is 0 Å². The molecule has 0 aliphatic carbocycles. The Bertz CT molecular complexity index is 558. The highest BCUT2D eigenvalue weighted by Crippen LogP contribution is 2.16. The van der Waals surface area contributed by atoms with Crippen molar-refractivity contribution in [2.45, 2.75) is 4.90 Å². The van der Waals surface area contributed by atoms with E-state index in [1.54, 1.807) is 0 Å². The average Bonchev–Trinajstić information content (AvgIpc) is 2.15. The fraction of sp³-hybridized carbons (Fsp3) is 0. The van der Waals surface area contributed by atoms with Crippen LogP contribution in [-0.4, -0.2) is 35.1 Å². The van der Waals surface area contributed by atoms with Gasteiger partial charge in [-0.2, -0.15) is 0 Å². The molecule has 0 aliphatic rings. The van der Waals surface area contributed by atoms with Gasteiger partial charge in [0.25, 0.3) is 0 Å². The maximum Gasteiger partial charge on any atom is 0.336 e. The Morgan fingerprint density at radius 1 is 1.06 bits per heavy atom. The van der Waals surface area contributed by atoms with Crippen molar-refractivity contribution < 1.29 is 32.8 Å². The molecule has 0 atom stereocenters. The largest absolute Gasteiger partial charge is 0.744 e. The summed E-state index contributed by atoms with van der Waals surface area (Å²) in [7, 11) is -4.81. The van der Waals surface area contributed by atoms with Crippen LogP contribution >= 0.6 is 0 Å². The van der Waals surface area contributed by atoms with E-state index in [1.165, 1.54) is 0 Å². The molecule has 7 nitrogen and oxygen atoms in total. The highest BCUT2D eigenvalue weighted by atomic mass is 32.2. The van der Waals surface area contributed by atoms with E-state index in [0.717, 1.165) is 12.1 Å². The normalized spacial score (nSPS) is 11.1. The molecule has 0 saturated heterocycles. The van der Waals surface area contributed by atoms with Gasteiger partial charge in [-0.1, -0.05) is 0 Å². The maximum absolute atomic E-state index is 10.6. The highest BCUT2D eigenvalue weighted by Gasteiger charge is 2.17. The van der Waals surface area contributed by atoms with Gasteiger partial charge in [0, 0.05) is 0 Å². The minimum Gasteiger partial charge on any atom is -0.744 e. The van der Waals surface area contributed by atoms with E-state index in [4.69, 9.17) is 10.2 Å². The summed E-state index contributed by atoms with van der Waals surface area (Å²) in [4.78, 5) is 20.5. The molecule has 0 aromatic heterocycles. The lowest BCUT2D eigenvalue weighted by Crippen LogP contribution is -2.10. The van der Waals surface area contributed by atoms with Crippen molar-refractivity contribution in [3.05, 3.63) is 29.3 Å². The van der Waals surface area contributed by atoms with Crippen molar-refractivity contribution in [2.24, 2.45) is 0 Å². The molecule has 8 heteroatoms. The van der Waals surface area contributed by atoms with E-state index in [0.29, 0.717) is 6.07 Å². The summed E-state index contributed by atoms with van der Waals surface area (Å²) in [5.41, 5.74) is -1.33. The number of rotatable bonds is 3. The molecule has 0 amide bonds. The Morgan fingerprint density at radius 2 is 1.56 bits per heavy atom. The van der Waals surface area contributed by atoms with Crippen LogP contribution in [0, 0.1) is 0 Å². The number of carboxylic acid groups (broad SMARTS) is 2. The lowest BCUT2D eigenvalue weighted by molar-refractivity contribution is 0.0651. The third-order valence-electron chi connectivity index (χ3n) is 1.74. The van der Waals surface area contributed by atoms with Gasteiger partial charge in [-0.3, -0.25) is 0 Å². The van der Waals surface area contributed by atoms with Crippen LogP contribution in [0.4, 0.5) is 0 Å². The first-order valence-corrected chi connectivity index (χ1v) is 5.21. The predicted octanol–water partition coefficient (Wildman–Crippen LogP) is -0.0129. The zero-order valence-corrected chi connectivity index (χ0v) is 8.39. The zero-order chi connectivity index (χ0) is 12.5. The van der Waals surface area contributed by atoms with Crippen LogP contribution in [-0.2, 0) is 10.1 Å². The fourth-order valence-corrected chi connectivity index (χ4v) is 1.54. The number of aromatic carboxylic acids is 2. The first kappa shape index (κ1) is 12.1. The van der Waals surface area contributed by atoms with E-state index in [2.05, 4.69) is 0 Å². The molecule has 86 valence electrons. The Labute approximate surface area is 89.7 Å². The molecule has 1 rings (SSSR count). The lowest BCUT2D eigenvalue weighted by atomic mass is 10.1. The van der Waals surface area contributed by atoms with Gasteiger partial charge in [-0.15, -0.1) is 0 Å². The summed E-state index contributed by atoms with van der Waals surface area (Å²) >= 11 is 0. The molecule has 0 bridgehead atoms. The first-order valence-electron chi connectivity index (χ1n) is 3.80. The highest BCUT2D eigenvalue weighted by molar-refractivity contribution is 7.85. The van der Waals surface area contributed by atoms with Crippen molar-refractivity contribution >= 4 is 22.1 Å². The fourth-order valence-electron chi connectivity index (χ4n) is 1.04. The first-order chi connectivity index (χ1) is 7.23. The second-order valence-corrected chi connectivity index (χ2v) is 4.15. The maximum atomic E-state index is 10.6. The van der Waals surface area contributed by atoms with Gasteiger partial charge >= 0.3 is 11.9 Å². The van der Waals surface area contributed by atoms with E-state index >= 15 is 0 Å². The van der Waals surface area contributed by atoms with E-state index < -0.39 is 38.1 Å². The van der Waals surface area contributed by atoms with Gasteiger partial charge in [0.2, 0.25) is 0 Å². The molecule has 0 saturated carbocycles. The summed E-state index contributed by atoms with van der Waals surface area (Å²) in [5, 5.41) is 17.3. The minimum atomic E-state index is -4.81. The van der Waals surface area contributed by atoms with Crippen molar-refractivity contribution in [2.75, 3.05) is 0 Å². The average molecular weight is 245 g/mol. The molecule has 0 unspecified atom stereocenters. The zero-order valence-electron chi connectivity index (χ0n) is 7.58. The van der Waals surface area contributed by atoms with Crippen LogP contribution in [0.3, 0.4) is 0 Å². The number of hydrogen-bond donors (Lipinski definition) is 2. The molecule has 0 radical (unpaired) electrons. The second-order valence-electron chi connectivity index (χ2n) is 2.77. The van der Waals surface area contributed by atoms with Gasteiger partial charge < -0.3 is 14.8 Å². The molecule has 1 aromatic carbocycles. The smallest absolute Gasteiger partial charge is 0.336 e. The molecule has 0 fully saturated rings. The standard InChI is InChI=1S/C8H6O7S/c9-7(10)5-2-1-4(16(13,14)15)3-6(5)8(11)12/h1-3H,(H,9,10)(H,11,12)(H,13,14,15)/p-1. The molecule has 0 spiro atoms. The molecule has 0 heterocycles. The third kappa shape index (κ3) is 2.35. The summed E-state index contributed by atoms with van der Waals surface area (Å²) in [5.74, 6) is -3.14. The van der Waals surface area contributed by atoms with Crippen molar-refractivity contribution in [1.82, 2.24) is 0 Å². The summed E-state index contributed by atoms with van der Waals surface area (Å²) in [6, 6.07) is 2.03. The molecular weight excluding hydrogens is 240 g/mol. The summed E-state index contributed by atoms with van der Waals surface area (Å²) < 4.78 is 31.8. The third-order valence-corrected chi connectivity index (χ3v) is 2.57. The molecule has 2 N–H and O–H groups in total. The van der Waals surface area contributed by atoms with Gasteiger partial charge in [0.05, 0.1) is 16.0 Å². The quantitative estimate of drug-likeness (QED) is 0.715. The second kappa shape index (κ2) is 3.91. The van der Waals surface area contributed by atoms with Crippen LogP contribution in [0.25, 0.3) is 0 Å². The van der Waals surface area contributed by atoms with E-state index in [9.17, 15) is 22.6 Å². The van der Waals surface area contributed by atoms with E-state index in [-0.39, 0.29) is 0 Å². The van der Waals surface area contributed by atoms with Crippen LogP contribution in [0.5, 0.6) is 0 Å².